The van der Waals surface area contributed by atoms with Gasteiger partial charge in [-0.25, -0.2) is 4.98 Å². The summed E-state index contributed by atoms with van der Waals surface area (Å²) in [7, 11) is 0. The molecule has 114 valence electrons. The summed E-state index contributed by atoms with van der Waals surface area (Å²) in [5.41, 5.74) is 0.213. The number of ether oxygens (including phenoxy) is 1. The number of carbonyl (C=O) groups is 1. The third kappa shape index (κ3) is 3.50. The van der Waals surface area contributed by atoms with Gasteiger partial charge in [0.1, 0.15) is 10.6 Å². The molecule has 0 aliphatic carbocycles. The molecule has 1 aromatic carbocycles. The summed E-state index contributed by atoms with van der Waals surface area (Å²) >= 11 is 5.73. The molecule has 0 saturated carbocycles. The summed E-state index contributed by atoms with van der Waals surface area (Å²) in [5, 5.41) is 13.4. The smallest absolute Gasteiger partial charge is 0.289 e. The lowest BCUT2D eigenvalue weighted by Gasteiger charge is -2.09. The fourth-order valence-electron chi connectivity index (χ4n) is 1.74. The van der Waals surface area contributed by atoms with E-state index in [1.54, 1.807) is 19.1 Å². The number of benzene rings is 1. The van der Waals surface area contributed by atoms with E-state index in [1.165, 1.54) is 24.4 Å². The molecule has 0 radical (unpaired) electrons. The molecule has 0 atom stereocenters. The van der Waals surface area contributed by atoms with Gasteiger partial charge in [0, 0.05) is 18.0 Å². The van der Waals surface area contributed by atoms with E-state index in [-0.39, 0.29) is 27.8 Å². The highest BCUT2D eigenvalue weighted by Crippen LogP contribution is 2.28. The Bertz CT molecular complexity index is 721. The van der Waals surface area contributed by atoms with Gasteiger partial charge in [0.15, 0.2) is 0 Å². The van der Waals surface area contributed by atoms with Gasteiger partial charge in [-0.15, -0.1) is 0 Å². The number of anilines is 1. The van der Waals surface area contributed by atoms with E-state index < -0.39 is 10.8 Å². The van der Waals surface area contributed by atoms with Crippen LogP contribution in [0.2, 0.25) is 5.02 Å². The van der Waals surface area contributed by atoms with E-state index >= 15 is 0 Å². The van der Waals surface area contributed by atoms with Crippen molar-refractivity contribution in [3.05, 3.63) is 57.2 Å². The summed E-state index contributed by atoms with van der Waals surface area (Å²) in [6.07, 6.45) is 1.51. The Morgan fingerprint density at radius 3 is 2.91 bits per heavy atom. The molecule has 0 bridgehead atoms. The number of rotatable bonds is 5. The van der Waals surface area contributed by atoms with Gasteiger partial charge in [-0.2, -0.15) is 0 Å². The highest BCUT2D eigenvalue weighted by molar-refractivity contribution is 6.32. The SMILES string of the molecule is CCOc1ncccc1C(=O)Nc1ccc(Cl)c([N+](=O)[O-])c1. The minimum atomic E-state index is -0.617. The van der Waals surface area contributed by atoms with Crippen LogP contribution >= 0.6 is 11.6 Å². The topological polar surface area (TPSA) is 94.4 Å². The van der Waals surface area contributed by atoms with Crippen molar-refractivity contribution in [1.29, 1.82) is 0 Å². The van der Waals surface area contributed by atoms with Crippen molar-refractivity contribution in [2.75, 3.05) is 11.9 Å². The highest BCUT2D eigenvalue weighted by Gasteiger charge is 2.17. The average Bonchev–Trinajstić information content (AvgIpc) is 2.49. The molecule has 0 unspecified atom stereocenters. The lowest BCUT2D eigenvalue weighted by molar-refractivity contribution is -0.384. The summed E-state index contributed by atoms with van der Waals surface area (Å²) in [6.45, 7) is 2.14. The Morgan fingerprint density at radius 2 is 2.23 bits per heavy atom. The fourth-order valence-corrected chi connectivity index (χ4v) is 1.93. The van der Waals surface area contributed by atoms with Gasteiger partial charge in [0.05, 0.1) is 11.5 Å². The first-order valence-electron chi connectivity index (χ1n) is 6.36. The quantitative estimate of drug-likeness (QED) is 0.673. The standard InChI is InChI=1S/C14H12ClN3O4/c1-2-22-14-10(4-3-7-16-14)13(19)17-9-5-6-11(15)12(8-9)18(20)21/h3-8H,2H2,1H3,(H,17,19). The molecule has 0 fully saturated rings. The molecule has 7 nitrogen and oxygen atoms in total. The number of carbonyl (C=O) groups excluding carboxylic acids is 1. The molecule has 0 aliphatic rings. The van der Waals surface area contributed by atoms with Crippen LogP contribution in [-0.4, -0.2) is 22.4 Å². The largest absolute Gasteiger partial charge is 0.477 e. The third-order valence-corrected chi connectivity index (χ3v) is 3.02. The molecular formula is C14H12ClN3O4. The van der Waals surface area contributed by atoms with Gasteiger partial charge in [-0.3, -0.25) is 14.9 Å². The maximum absolute atomic E-state index is 12.2. The zero-order valence-corrected chi connectivity index (χ0v) is 12.3. The lowest BCUT2D eigenvalue weighted by atomic mass is 10.2. The van der Waals surface area contributed by atoms with Crippen molar-refractivity contribution in [3.63, 3.8) is 0 Å². The monoisotopic (exact) mass is 321 g/mol. The van der Waals surface area contributed by atoms with Crippen molar-refractivity contribution >= 4 is 28.9 Å². The number of hydrogen-bond donors (Lipinski definition) is 1. The molecule has 2 rings (SSSR count). The van der Waals surface area contributed by atoms with Crippen LogP contribution in [-0.2, 0) is 0 Å². The van der Waals surface area contributed by atoms with Crippen molar-refractivity contribution in [2.24, 2.45) is 0 Å². The number of hydrogen-bond acceptors (Lipinski definition) is 5. The molecule has 22 heavy (non-hydrogen) atoms. The van der Waals surface area contributed by atoms with Crippen LogP contribution in [0.25, 0.3) is 0 Å². The highest BCUT2D eigenvalue weighted by atomic mass is 35.5. The van der Waals surface area contributed by atoms with Crippen LogP contribution in [0.1, 0.15) is 17.3 Å². The Kier molecular flexibility index (Phi) is 4.90. The molecule has 1 heterocycles. The van der Waals surface area contributed by atoms with Gasteiger partial charge < -0.3 is 10.1 Å². The van der Waals surface area contributed by atoms with E-state index in [4.69, 9.17) is 16.3 Å². The van der Waals surface area contributed by atoms with Gasteiger partial charge >= 0.3 is 0 Å². The Morgan fingerprint density at radius 1 is 1.45 bits per heavy atom. The van der Waals surface area contributed by atoms with Crippen LogP contribution in [0.5, 0.6) is 5.88 Å². The maximum Gasteiger partial charge on any atom is 0.289 e. The fraction of sp³-hybridized carbons (Fsp3) is 0.143. The maximum atomic E-state index is 12.2. The normalized spacial score (nSPS) is 10.1. The number of nitrogens with zero attached hydrogens (tertiary/aromatic N) is 2. The van der Waals surface area contributed by atoms with E-state index in [0.717, 1.165) is 0 Å². The molecule has 0 saturated heterocycles. The van der Waals surface area contributed by atoms with Crippen molar-refractivity contribution in [2.45, 2.75) is 6.92 Å². The molecule has 0 aliphatic heterocycles. The molecule has 1 aromatic heterocycles. The van der Waals surface area contributed by atoms with Crippen LogP contribution in [0.15, 0.2) is 36.5 Å². The Balaban J connectivity index is 2.26. The Hall–Kier alpha value is -2.67. The van der Waals surface area contributed by atoms with E-state index in [1.807, 2.05) is 0 Å². The van der Waals surface area contributed by atoms with Crippen LogP contribution in [0.3, 0.4) is 0 Å². The second-order valence-corrected chi connectivity index (χ2v) is 4.57. The predicted molar refractivity (Wildman–Crippen MR) is 81.5 cm³/mol. The third-order valence-electron chi connectivity index (χ3n) is 2.70. The number of aromatic nitrogens is 1. The summed E-state index contributed by atoms with van der Waals surface area (Å²) in [4.78, 5) is 26.5. The van der Waals surface area contributed by atoms with Crippen molar-refractivity contribution < 1.29 is 14.5 Å². The number of nitrogens with one attached hydrogen (secondary N) is 1. The van der Waals surface area contributed by atoms with Crippen LogP contribution in [0.4, 0.5) is 11.4 Å². The van der Waals surface area contributed by atoms with Gasteiger partial charge in [-0.05, 0) is 31.2 Å². The number of amides is 1. The van der Waals surface area contributed by atoms with E-state index in [0.29, 0.717) is 6.61 Å². The minimum absolute atomic E-state index is 0.000572. The zero-order valence-electron chi connectivity index (χ0n) is 11.6. The minimum Gasteiger partial charge on any atom is -0.477 e. The zero-order chi connectivity index (χ0) is 16.1. The van der Waals surface area contributed by atoms with Crippen molar-refractivity contribution in [1.82, 2.24) is 4.98 Å². The lowest BCUT2D eigenvalue weighted by Crippen LogP contribution is -2.14. The Labute approximate surface area is 131 Å². The second-order valence-electron chi connectivity index (χ2n) is 4.17. The van der Waals surface area contributed by atoms with Crippen LogP contribution < -0.4 is 10.1 Å². The molecular weight excluding hydrogens is 310 g/mol. The summed E-state index contributed by atoms with van der Waals surface area (Å²) < 4.78 is 5.28. The summed E-state index contributed by atoms with van der Waals surface area (Å²) in [6, 6.07) is 7.17. The first-order chi connectivity index (χ1) is 10.5. The van der Waals surface area contributed by atoms with E-state index in [2.05, 4.69) is 10.3 Å². The first-order valence-corrected chi connectivity index (χ1v) is 6.73. The number of nitro benzene ring substituents is 1. The molecule has 1 amide bonds. The van der Waals surface area contributed by atoms with Gasteiger partial charge in [-0.1, -0.05) is 11.6 Å². The number of nitro groups is 1. The van der Waals surface area contributed by atoms with Gasteiger partial charge in [0.25, 0.3) is 11.6 Å². The second kappa shape index (κ2) is 6.86. The number of halogens is 1. The van der Waals surface area contributed by atoms with E-state index in [9.17, 15) is 14.9 Å². The van der Waals surface area contributed by atoms with Crippen molar-refractivity contribution in [3.8, 4) is 5.88 Å². The summed E-state index contributed by atoms with van der Waals surface area (Å²) in [5.74, 6) is -0.279. The molecule has 0 spiro atoms. The molecule has 8 heteroatoms. The van der Waals surface area contributed by atoms with Crippen LogP contribution in [0, 0.1) is 10.1 Å². The number of pyridine rings is 1. The van der Waals surface area contributed by atoms with Gasteiger partial charge in [0.2, 0.25) is 5.88 Å². The molecule has 2 aromatic rings. The average molecular weight is 322 g/mol. The molecule has 1 N–H and O–H groups in total. The predicted octanol–water partition coefficient (Wildman–Crippen LogP) is 3.29. The first kappa shape index (κ1) is 15.7.